The van der Waals surface area contributed by atoms with Crippen LogP contribution in [-0.2, 0) is 54.3 Å². The summed E-state index contributed by atoms with van der Waals surface area (Å²) in [5, 5.41) is 62.0. The highest BCUT2D eigenvalue weighted by Crippen LogP contribution is 2.40. The molecule has 0 aliphatic carbocycles. The minimum Gasteiger partial charge on any atom is -0.459 e. The van der Waals surface area contributed by atoms with Crippen LogP contribution in [0.3, 0.4) is 0 Å². The van der Waals surface area contributed by atoms with Crippen molar-refractivity contribution in [3.8, 4) is 0 Å². The summed E-state index contributed by atoms with van der Waals surface area (Å²) in [5.74, 6) is -2.98. The molecule has 422 valence electrons. The van der Waals surface area contributed by atoms with E-state index in [2.05, 4.69) is 12.2 Å². The van der Waals surface area contributed by atoms with E-state index in [1.165, 1.54) is 19.2 Å². The van der Waals surface area contributed by atoms with Crippen LogP contribution in [0, 0.1) is 17.8 Å². The lowest BCUT2D eigenvalue weighted by Gasteiger charge is -2.48. The molecule has 18 nitrogen and oxygen atoms in total. The summed E-state index contributed by atoms with van der Waals surface area (Å²) in [4.78, 5) is 31.7. The van der Waals surface area contributed by atoms with Gasteiger partial charge in [-0.3, -0.25) is 9.59 Å². The van der Waals surface area contributed by atoms with Gasteiger partial charge < -0.3 is 69.1 Å². The molecule has 3 aliphatic heterocycles. The van der Waals surface area contributed by atoms with E-state index in [1.54, 1.807) is 60.6 Å². The summed E-state index contributed by atoms with van der Waals surface area (Å²) < 4.78 is 76.0. The Hall–Kier alpha value is -2.44. The molecule has 1 aromatic carbocycles. The Bertz CT molecular complexity index is 2000. The number of hydrogen-bond donors (Lipinski definition) is 6. The average molecular weight is 1060 g/mol. The molecular weight excluding hydrogens is 970 g/mol. The fourth-order valence-electron chi connectivity index (χ4n) is 10.9. The zero-order valence-corrected chi connectivity index (χ0v) is 46.8. The number of ether oxygens (including phenoxy) is 6. The van der Waals surface area contributed by atoms with Crippen molar-refractivity contribution in [2.24, 2.45) is 17.8 Å². The van der Waals surface area contributed by atoms with Gasteiger partial charge in [0.05, 0.1) is 58.6 Å². The monoisotopic (exact) mass is 1060 g/mol. The number of nitrogens with one attached hydrogen (secondary N) is 1. The molecule has 20 heteroatoms. The number of benzene rings is 1. The van der Waals surface area contributed by atoms with Crippen LogP contribution in [0.4, 0.5) is 4.39 Å². The van der Waals surface area contributed by atoms with Gasteiger partial charge in [-0.25, -0.2) is 12.8 Å². The Morgan fingerprint density at radius 1 is 1.00 bits per heavy atom. The molecular formula is C53H92FN3O15S. The van der Waals surface area contributed by atoms with Gasteiger partial charge in [-0.15, -0.1) is 0 Å². The predicted molar refractivity (Wildman–Crippen MR) is 273 cm³/mol. The van der Waals surface area contributed by atoms with Crippen LogP contribution in [0.25, 0.3) is 0 Å². The second-order valence-electron chi connectivity index (χ2n) is 22.6. The van der Waals surface area contributed by atoms with Crippen LogP contribution in [0.2, 0.25) is 0 Å². The molecule has 6 N–H and O–H groups in total. The number of carbonyl (C=O) groups is 2. The Kier molecular flexibility index (Phi) is 23.1. The third-order valence-electron chi connectivity index (χ3n) is 16.0. The van der Waals surface area contributed by atoms with E-state index in [-0.39, 0.29) is 61.3 Å². The molecule has 0 aromatic heterocycles. The van der Waals surface area contributed by atoms with E-state index in [1.807, 2.05) is 37.7 Å². The lowest BCUT2D eigenvalue weighted by Crippen LogP contribution is -2.60. The number of aliphatic hydroxyl groups excluding tert-OH is 3. The van der Waals surface area contributed by atoms with Crippen molar-refractivity contribution in [1.82, 2.24) is 15.1 Å². The number of carbonyl (C=O) groups excluding carboxylic acids is 2. The number of likely N-dealkylation sites (N-methyl/N-ethyl adjacent to an activating group) is 2. The molecule has 3 saturated heterocycles. The highest BCUT2D eigenvalue weighted by Gasteiger charge is 2.52. The number of cyclic esters (lactones) is 1. The number of methoxy groups -OCH3 is 1. The van der Waals surface area contributed by atoms with Gasteiger partial charge in [0.15, 0.2) is 22.4 Å². The standard InChI is InChI=1S/C53H92FN3O15S/c1-15-42-52(9,64)27-41(58)35(6)57(12)30-31(2)22-23-51(8,63)48(33(4)46(34(5)49(62)70-42)71-44-28-53(10,67-13)47(61)36(7)69-44)72-50-45(60)40(25-32(3)68-50)56(11)24-16-17-43(59)55-38(29-54)26-37-18-20-39(21-19-37)73(14,65)66/h18-21,31-36,38,40-42,44-48,50,58,60-61,63-64H,15-17,22-30H2,1-14H3,(H,55,59)/t31-,32-,33+,34-,35-,36+,38+,40+,41+,42-,44+,45-,46+,47+,48-,50+,51-,52+,53-/m1/s1. The Balaban J connectivity index is 1.63. The second-order valence-corrected chi connectivity index (χ2v) is 24.6. The zero-order valence-electron chi connectivity index (χ0n) is 46.0. The zero-order chi connectivity index (χ0) is 55.0. The topological polar surface area (TPSA) is 243 Å². The van der Waals surface area contributed by atoms with E-state index >= 15 is 0 Å². The van der Waals surface area contributed by atoms with Gasteiger partial charge in [0.25, 0.3) is 0 Å². The number of halogens is 1. The molecule has 0 unspecified atom stereocenters. The van der Waals surface area contributed by atoms with Crippen molar-refractivity contribution in [1.29, 1.82) is 0 Å². The van der Waals surface area contributed by atoms with Gasteiger partial charge in [0.1, 0.15) is 30.6 Å². The number of esters is 1. The van der Waals surface area contributed by atoms with E-state index in [0.717, 1.165) is 6.26 Å². The lowest BCUT2D eigenvalue weighted by molar-refractivity contribution is -0.318. The molecule has 3 heterocycles. The average Bonchev–Trinajstić information content (AvgIpc) is 3.31. The molecule has 19 atom stereocenters. The van der Waals surface area contributed by atoms with Crippen molar-refractivity contribution in [3.05, 3.63) is 29.8 Å². The Morgan fingerprint density at radius 3 is 2.23 bits per heavy atom. The summed E-state index contributed by atoms with van der Waals surface area (Å²) in [6, 6.07) is 4.41. The summed E-state index contributed by atoms with van der Waals surface area (Å²) in [7, 11) is 1.81. The molecule has 73 heavy (non-hydrogen) atoms. The number of aliphatic hydroxyl groups is 5. The molecule has 3 fully saturated rings. The number of rotatable bonds is 16. The third kappa shape index (κ3) is 17.0. The highest BCUT2D eigenvalue weighted by atomic mass is 32.2. The quantitative estimate of drug-likeness (QED) is 0.129. The molecule has 0 bridgehead atoms. The molecule has 0 radical (unpaired) electrons. The van der Waals surface area contributed by atoms with Crippen LogP contribution in [-0.4, -0.2) is 199 Å². The van der Waals surface area contributed by atoms with Gasteiger partial charge in [-0.1, -0.05) is 32.9 Å². The fourth-order valence-corrected chi connectivity index (χ4v) is 11.6. The van der Waals surface area contributed by atoms with Crippen LogP contribution >= 0.6 is 0 Å². The van der Waals surface area contributed by atoms with Crippen LogP contribution in [0.15, 0.2) is 29.2 Å². The molecule has 1 amide bonds. The van der Waals surface area contributed by atoms with Crippen LogP contribution in [0.1, 0.15) is 126 Å². The largest absolute Gasteiger partial charge is 0.459 e. The number of amides is 1. The van der Waals surface area contributed by atoms with Crippen LogP contribution < -0.4 is 5.32 Å². The number of hydrogen-bond acceptors (Lipinski definition) is 17. The van der Waals surface area contributed by atoms with Crippen LogP contribution in [0.5, 0.6) is 0 Å². The number of alkyl halides is 1. The first-order valence-electron chi connectivity index (χ1n) is 26.3. The van der Waals surface area contributed by atoms with E-state index < -0.39 is 125 Å². The van der Waals surface area contributed by atoms with Crippen molar-refractivity contribution in [2.45, 2.75) is 228 Å². The summed E-state index contributed by atoms with van der Waals surface area (Å²) in [6.07, 6.45) is -6.89. The van der Waals surface area contributed by atoms with Gasteiger partial charge >= 0.3 is 5.97 Å². The maximum Gasteiger partial charge on any atom is 0.311 e. The second kappa shape index (κ2) is 26.7. The SMILES string of the molecule is CC[C@H]1OC(=O)[C@H](C)[C@@H](O[C@H]2C[C@@](C)(OC)[C@@H](O)[C@H](C)O2)[C@H](C)[C@@H](O[C@@H]2O[C@H](C)C[C@H](N(C)CCCC(=O)N[C@H](CF)Cc3ccc(S(C)(=O)=O)cc3)[C@H]2O)[C@](C)(O)CC[C@@H](C)CN(C)[C@H](C)[C@@H](O)C[C@]1(C)O. The molecule has 4 rings (SSSR count). The normalized spacial score (nSPS) is 39.6. The van der Waals surface area contributed by atoms with E-state index in [0.29, 0.717) is 37.9 Å². The molecule has 1 aromatic rings. The minimum atomic E-state index is -3.39. The maximum atomic E-state index is 14.5. The summed E-state index contributed by atoms with van der Waals surface area (Å²) in [6.45, 7) is 17.7. The van der Waals surface area contributed by atoms with E-state index in [9.17, 15) is 47.9 Å². The van der Waals surface area contributed by atoms with E-state index in [4.69, 9.17) is 28.4 Å². The summed E-state index contributed by atoms with van der Waals surface area (Å²) in [5.41, 5.74) is -3.67. The Labute approximate surface area is 434 Å². The van der Waals surface area contributed by atoms with Gasteiger partial charge in [0.2, 0.25) is 5.91 Å². The van der Waals surface area contributed by atoms with Gasteiger partial charge in [-0.2, -0.15) is 0 Å². The van der Waals surface area contributed by atoms with Crippen molar-refractivity contribution in [3.63, 3.8) is 0 Å². The molecule has 0 spiro atoms. The van der Waals surface area contributed by atoms with Crippen molar-refractivity contribution in [2.75, 3.05) is 47.2 Å². The molecule has 3 aliphatic rings. The minimum absolute atomic E-state index is 0.00782. The highest BCUT2D eigenvalue weighted by molar-refractivity contribution is 7.90. The predicted octanol–water partition coefficient (Wildman–Crippen LogP) is 3.93. The lowest BCUT2D eigenvalue weighted by atomic mass is 9.78. The first kappa shape index (κ1) is 63.1. The Morgan fingerprint density at radius 2 is 1.64 bits per heavy atom. The maximum absolute atomic E-state index is 14.5. The third-order valence-corrected chi connectivity index (χ3v) is 17.1. The van der Waals surface area contributed by atoms with Gasteiger partial charge in [-0.05, 0) is 131 Å². The van der Waals surface area contributed by atoms with Crippen molar-refractivity contribution >= 4 is 21.7 Å². The van der Waals surface area contributed by atoms with Gasteiger partial charge in [0, 0.05) is 57.2 Å². The number of sulfone groups is 1. The fraction of sp³-hybridized carbons (Fsp3) is 0.849. The first-order chi connectivity index (χ1) is 33.9. The van der Waals surface area contributed by atoms with Crippen molar-refractivity contribution < 1.29 is 76.4 Å². The summed E-state index contributed by atoms with van der Waals surface area (Å²) >= 11 is 0. The smallest absolute Gasteiger partial charge is 0.311 e. The number of nitrogens with zero attached hydrogens (tertiary/aromatic N) is 2. The first-order valence-corrected chi connectivity index (χ1v) is 28.2. The molecule has 0 saturated carbocycles.